The van der Waals surface area contributed by atoms with Crippen LogP contribution in [0.25, 0.3) is 0 Å². The first-order valence-corrected chi connectivity index (χ1v) is 5.44. The molecule has 0 aliphatic rings. The van der Waals surface area contributed by atoms with Crippen molar-refractivity contribution in [1.29, 1.82) is 5.26 Å². The largest absolute Gasteiger partial charge is 0.511 e. The molecule has 0 bridgehead atoms. The predicted octanol–water partition coefficient (Wildman–Crippen LogP) is 2.27. The Kier molecular flexibility index (Phi) is 3.94. The molecule has 5 nitrogen and oxygen atoms in total. The van der Waals surface area contributed by atoms with Crippen molar-refractivity contribution in [2.45, 2.75) is 32.1 Å². The lowest BCUT2D eigenvalue weighted by Gasteiger charge is -2.25. The highest BCUT2D eigenvalue weighted by Crippen LogP contribution is 2.21. The number of hydrogen-bond acceptors (Lipinski definition) is 5. The molecule has 0 aliphatic carbocycles. The van der Waals surface area contributed by atoms with E-state index in [2.05, 4.69) is 0 Å². The summed E-state index contributed by atoms with van der Waals surface area (Å²) in [6, 6.07) is 10.2. The van der Waals surface area contributed by atoms with Gasteiger partial charge < -0.3 is 9.47 Å². The van der Waals surface area contributed by atoms with Crippen LogP contribution in [0.2, 0.25) is 0 Å². The zero-order chi connectivity index (χ0) is 13.8. The maximum atomic E-state index is 11.5. The molecule has 1 unspecified atom stereocenters. The van der Waals surface area contributed by atoms with E-state index in [1.807, 2.05) is 0 Å². The lowest BCUT2D eigenvalue weighted by Crippen LogP contribution is -2.41. The lowest BCUT2D eigenvalue weighted by atomic mass is 10.1. The Morgan fingerprint density at radius 3 is 2.22 bits per heavy atom. The molecule has 0 spiro atoms. The van der Waals surface area contributed by atoms with E-state index in [4.69, 9.17) is 20.5 Å². The molecule has 0 fully saturated rings. The second-order valence-corrected chi connectivity index (χ2v) is 4.78. The molecular weight excluding hydrogens is 232 g/mol. The molecule has 0 saturated carbocycles. The van der Waals surface area contributed by atoms with Gasteiger partial charge in [-0.1, -0.05) is 30.3 Å². The summed E-state index contributed by atoms with van der Waals surface area (Å²) in [5, 5.41) is 9.08. The van der Waals surface area contributed by atoms with Crippen LogP contribution in [-0.2, 0) is 15.2 Å². The number of benzene rings is 1. The maximum Gasteiger partial charge on any atom is 0.511 e. The predicted molar refractivity (Wildman–Crippen MR) is 65.2 cm³/mol. The first kappa shape index (κ1) is 14.0. The molecule has 1 atom stereocenters. The summed E-state index contributed by atoms with van der Waals surface area (Å²) in [5.74, 6) is 0. The summed E-state index contributed by atoms with van der Waals surface area (Å²) < 4.78 is 9.87. The van der Waals surface area contributed by atoms with E-state index in [-0.39, 0.29) is 0 Å². The average Bonchev–Trinajstić information content (AvgIpc) is 2.27. The Labute approximate surface area is 106 Å². The fourth-order valence-electron chi connectivity index (χ4n) is 1.23. The van der Waals surface area contributed by atoms with Gasteiger partial charge in [-0.25, -0.2) is 4.79 Å². The van der Waals surface area contributed by atoms with Gasteiger partial charge in [0.15, 0.2) is 0 Å². The van der Waals surface area contributed by atoms with Crippen molar-refractivity contribution in [2.24, 2.45) is 5.73 Å². The van der Waals surface area contributed by atoms with Crippen LogP contribution in [0, 0.1) is 11.3 Å². The summed E-state index contributed by atoms with van der Waals surface area (Å²) in [4.78, 5) is 11.5. The second-order valence-electron chi connectivity index (χ2n) is 4.78. The Morgan fingerprint density at radius 1 is 1.22 bits per heavy atom. The van der Waals surface area contributed by atoms with Crippen LogP contribution in [0.4, 0.5) is 4.79 Å². The van der Waals surface area contributed by atoms with E-state index >= 15 is 0 Å². The molecule has 0 aromatic heterocycles. The summed E-state index contributed by atoms with van der Waals surface area (Å²) in [5.41, 5.74) is 3.59. The van der Waals surface area contributed by atoms with Gasteiger partial charge in [-0.15, -0.1) is 0 Å². The van der Waals surface area contributed by atoms with Gasteiger partial charge in [0.25, 0.3) is 5.72 Å². The van der Waals surface area contributed by atoms with Crippen molar-refractivity contribution in [3.05, 3.63) is 35.9 Å². The lowest BCUT2D eigenvalue weighted by molar-refractivity contribution is -0.0468. The summed E-state index contributed by atoms with van der Waals surface area (Å²) in [6.45, 7) is 5.09. The third-order valence-electron chi connectivity index (χ3n) is 2.00. The number of nitrogens with zero attached hydrogens (tertiary/aromatic N) is 1. The van der Waals surface area contributed by atoms with Gasteiger partial charge in [0.2, 0.25) is 0 Å². The van der Waals surface area contributed by atoms with Gasteiger partial charge in [-0.2, -0.15) is 5.26 Å². The van der Waals surface area contributed by atoms with Gasteiger partial charge in [-0.05, 0) is 20.8 Å². The highest BCUT2D eigenvalue weighted by Gasteiger charge is 2.34. The van der Waals surface area contributed by atoms with Crippen molar-refractivity contribution in [1.82, 2.24) is 0 Å². The number of nitrogens with two attached hydrogens (primary N) is 1. The monoisotopic (exact) mass is 248 g/mol. The SMILES string of the molecule is CC(C)(C)OC(=O)OC(N)(C#N)c1ccccc1. The van der Waals surface area contributed by atoms with Crippen LogP contribution in [-0.4, -0.2) is 11.8 Å². The van der Waals surface area contributed by atoms with E-state index in [9.17, 15) is 4.79 Å². The zero-order valence-electron chi connectivity index (χ0n) is 10.6. The smallest absolute Gasteiger partial charge is 0.428 e. The van der Waals surface area contributed by atoms with E-state index in [0.29, 0.717) is 5.56 Å². The van der Waals surface area contributed by atoms with Crippen LogP contribution in [0.1, 0.15) is 26.3 Å². The Morgan fingerprint density at radius 2 is 1.78 bits per heavy atom. The van der Waals surface area contributed by atoms with Crippen LogP contribution >= 0.6 is 0 Å². The average molecular weight is 248 g/mol. The quantitative estimate of drug-likeness (QED) is 0.641. The van der Waals surface area contributed by atoms with Crippen molar-refractivity contribution >= 4 is 6.16 Å². The molecule has 0 aliphatic heterocycles. The van der Waals surface area contributed by atoms with E-state index in [0.717, 1.165) is 0 Å². The van der Waals surface area contributed by atoms with Gasteiger partial charge in [0.1, 0.15) is 11.7 Å². The van der Waals surface area contributed by atoms with Gasteiger partial charge in [0, 0.05) is 5.56 Å². The number of rotatable bonds is 2. The minimum Gasteiger partial charge on any atom is -0.428 e. The van der Waals surface area contributed by atoms with Crippen LogP contribution in [0.3, 0.4) is 0 Å². The van der Waals surface area contributed by atoms with Gasteiger partial charge >= 0.3 is 6.16 Å². The zero-order valence-corrected chi connectivity index (χ0v) is 10.6. The fraction of sp³-hybridized carbons (Fsp3) is 0.385. The number of carbonyl (C=O) groups excluding carboxylic acids is 1. The van der Waals surface area contributed by atoms with Crippen molar-refractivity contribution < 1.29 is 14.3 Å². The molecule has 5 heteroatoms. The standard InChI is InChI=1S/C13H16N2O3/c1-12(2,3)17-11(16)18-13(15,9-14)10-7-5-4-6-8-10/h4-8H,15H2,1-3H3. The minimum absolute atomic E-state index is 0.387. The van der Waals surface area contributed by atoms with Crippen molar-refractivity contribution in [2.75, 3.05) is 0 Å². The third-order valence-corrected chi connectivity index (χ3v) is 2.00. The molecule has 0 heterocycles. The molecule has 0 saturated heterocycles. The van der Waals surface area contributed by atoms with Gasteiger partial charge in [-0.3, -0.25) is 5.73 Å². The third kappa shape index (κ3) is 3.75. The van der Waals surface area contributed by atoms with E-state index in [1.165, 1.54) is 0 Å². The molecule has 1 aromatic carbocycles. The van der Waals surface area contributed by atoms with Crippen molar-refractivity contribution in [3.8, 4) is 6.07 Å². The molecular formula is C13H16N2O3. The first-order chi connectivity index (χ1) is 8.27. The topological polar surface area (TPSA) is 85.3 Å². The molecule has 2 N–H and O–H groups in total. The molecule has 1 rings (SSSR count). The molecule has 0 radical (unpaired) electrons. The molecule has 18 heavy (non-hydrogen) atoms. The summed E-state index contributed by atoms with van der Waals surface area (Å²) >= 11 is 0. The minimum atomic E-state index is -1.84. The number of nitriles is 1. The van der Waals surface area contributed by atoms with Crippen LogP contribution < -0.4 is 5.73 Å². The highest BCUT2D eigenvalue weighted by molar-refractivity contribution is 5.62. The molecule has 0 amide bonds. The second kappa shape index (κ2) is 5.07. The summed E-state index contributed by atoms with van der Waals surface area (Å²) in [7, 11) is 0. The van der Waals surface area contributed by atoms with E-state index in [1.54, 1.807) is 57.2 Å². The summed E-state index contributed by atoms with van der Waals surface area (Å²) in [6.07, 6.45) is -0.976. The number of hydrogen-bond donors (Lipinski definition) is 1. The number of ether oxygens (including phenoxy) is 2. The first-order valence-electron chi connectivity index (χ1n) is 5.44. The Hall–Kier alpha value is -2.06. The van der Waals surface area contributed by atoms with Gasteiger partial charge in [0.05, 0.1) is 0 Å². The Balaban J connectivity index is 2.86. The normalized spacial score (nSPS) is 14.2. The van der Waals surface area contributed by atoms with Crippen LogP contribution in [0.5, 0.6) is 0 Å². The fourth-order valence-corrected chi connectivity index (χ4v) is 1.23. The maximum absolute atomic E-state index is 11.5. The van der Waals surface area contributed by atoms with Crippen molar-refractivity contribution in [3.63, 3.8) is 0 Å². The number of carbonyl (C=O) groups is 1. The molecule has 1 aromatic rings. The highest BCUT2D eigenvalue weighted by atomic mass is 16.7. The van der Waals surface area contributed by atoms with E-state index < -0.39 is 17.5 Å². The molecule has 96 valence electrons. The van der Waals surface area contributed by atoms with Crippen LogP contribution in [0.15, 0.2) is 30.3 Å². The Bertz CT molecular complexity index is 459.